The van der Waals surface area contributed by atoms with Crippen LogP contribution in [0.5, 0.6) is 0 Å². The summed E-state index contributed by atoms with van der Waals surface area (Å²) in [4.78, 5) is 73.2. The standard InChI is InChI=1S/C85H166O17P2/c1-7-10-12-14-16-18-20-22-23-24-25-26-29-34-38-45-51-57-63-69-84(89)101-80(73-96-83(88)68-62-56-50-44-37-33-30-27-28-32-35-41-47-53-59-65-77(4)5)75-99-103(91,92)97-71-79(86)72-98-104(93,94)100-76-81(74-95-82(87)67-61-55-49-43-36-31-21-19-17-15-13-11-8-2)102-85(90)70-64-58-52-46-40-39-42-48-54-60-66-78(6)9-3/h77-81,86H,7-76H2,1-6H3,(H,91,92)(H,93,94)/t78?,79-,80-,81-/m1/s1. The number of hydrogen-bond acceptors (Lipinski definition) is 15. The van der Waals surface area contributed by atoms with Crippen LogP contribution in [0.1, 0.15) is 452 Å². The van der Waals surface area contributed by atoms with Gasteiger partial charge in [-0.3, -0.25) is 37.3 Å². The molecule has 0 aromatic heterocycles. The first kappa shape index (κ1) is 102. The van der Waals surface area contributed by atoms with Crippen molar-refractivity contribution in [1.82, 2.24) is 0 Å². The molecule has 0 spiro atoms. The highest BCUT2D eigenvalue weighted by atomic mass is 31.2. The number of carbonyl (C=O) groups excluding carboxylic acids is 4. The van der Waals surface area contributed by atoms with Gasteiger partial charge in [0.25, 0.3) is 0 Å². The number of carbonyl (C=O) groups is 4. The van der Waals surface area contributed by atoms with Crippen molar-refractivity contribution < 1.29 is 80.2 Å². The summed E-state index contributed by atoms with van der Waals surface area (Å²) >= 11 is 0. The Labute approximate surface area is 638 Å². The number of hydrogen-bond donors (Lipinski definition) is 3. The van der Waals surface area contributed by atoms with Crippen LogP contribution in [-0.2, 0) is 65.4 Å². The number of rotatable bonds is 84. The van der Waals surface area contributed by atoms with Crippen LogP contribution in [0, 0.1) is 11.8 Å². The van der Waals surface area contributed by atoms with Crippen molar-refractivity contribution in [2.24, 2.45) is 11.8 Å². The number of esters is 4. The highest BCUT2D eigenvalue weighted by molar-refractivity contribution is 7.47. The number of aliphatic hydroxyl groups is 1. The first-order valence-corrected chi connectivity index (χ1v) is 47.0. The molecule has 104 heavy (non-hydrogen) atoms. The minimum atomic E-state index is -4.97. The van der Waals surface area contributed by atoms with Gasteiger partial charge in [-0.05, 0) is 37.5 Å². The maximum Gasteiger partial charge on any atom is 0.472 e. The Hall–Kier alpha value is -1.94. The van der Waals surface area contributed by atoms with E-state index in [1.165, 1.54) is 270 Å². The summed E-state index contributed by atoms with van der Waals surface area (Å²) in [7, 11) is -9.93. The fraction of sp³-hybridized carbons (Fsp3) is 0.953. The van der Waals surface area contributed by atoms with Gasteiger partial charge in [0.15, 0.2) is 12.2 Å². The number of unbranched alkanes of at least 4 members (excludes halogenated alkanes) is 53. The molecule has 0 heterocycles. The summed E-state index contributed by atoms with van der Waals surface area (Å²) in [6.45, 7) is 9.72. The zero-order chi connectivity index (χ0) is 76.4. The second-order valence-corrected chi connectivity index (χ2v) is 34.2. The van der Waals surface area contributed by atoms with Crippen LogP contribution >= 0.6 is 15.6 Å². The van der Waals surface area contributed by atoms with E-state index in [9.17, 15) is 43.2 Å². The molecule has 19 heteroatoms. The average Bonchev–Trinajstić information content (AvgIpc) is 0.933. The first-order valence-electron chi connectivity index (χ1n) is 44.0. The van der Waals surface area contributed by atoms with E-state index in [1.54, 1.807) is 0 Å². The molecule has 0 aliphatic heterocycles. The summed E-state index contributed by atoms with van der Waals surface area (Å²) < 4.78 is 68.9. The lowest BCUT2D eigenvalue weighted by atomic mass is 9.99. The number of phosphoric acid groups is 2. The first-order chi connectivity index (χ1) is 50.4. The van der Waals surface area contributed by atoms with E-state index < -0.39 is 97.5 Å². The van der Waals surface area contributed by atoms with Gasteiger partial charge < -0.3 is 33.8 Å². The number of ether oxygens (including phenoxy) is 4. The molecule has 0 fully saturated rings. The van der Waals surface area contributed by atoms with E-state index in [4.69, 9.17) is 37.0 Å². The van der Waals surface area contributed by atoms with Crippen LogP contribution in [0.3, 0.4) is 0 Å². The molecule has 6 atom stereocenters. The van der Waals surface area contributed by atoms with Crippen molar-refractivity contribution >= 4 is 39.5 Å². The predicted octanol–water partition coefficient (Wildman–Crippen LogP) is 25.8. The van der Waals surface area contributed by atoms with Crippen LogP contribution in [0.25, 0.3) is 0 Å². The van der Waals surface area contributed by atoms with E-state index in [1.807, 2.05) is 0 Å². The van der Waals surface area contributed by atoms with Crippen LogP contribution in [-0.4, -0.2) is 96.7 Å². The van der Waals surface area contributed by atoms with Gasteiger partial charge in [0.05, 0.1) is 26.4 Å². The zero-order valence-corrected chi connectivity index (χ0v) is 70.1. The van der Waals surface area contributed by atoms with Crippen molar-refractivity contribution in [2.75, 3.05) is 39.6 Å². The third kappa shape index (κ3) is 76.8. The van der Waals surface area contributed by atoms with E-state index >= 15 is 0 Å². The normalized spacial score (nSPS) is 14.1. The van der Waals surface area contributed by atoms with E-state index in [2.05, 4.69) is 41.5 Å². The van der Waals surface area contributed by atoms with E-state index in [0.29, 0.717) is 25.7 Å². The molecule has 0 radical (unpaired) electrons. The smallest absolute Gasteiger partial charge is 0.462 e. The Morgan fingerprint density at radius 1 is 0.279 bits per heavy atom. The Kier molecular flexibility index (Phi) is 75.0. The van der Waals surface area contributed by atoms with Gasteiger partial charge in [-0.1, -0.05) is 401 Å². The molecule has 0 aliphatic rings. The summed E-state index contributed by atoms with van der Waals surface area (Å²) in [5, 5.41) is 10.7. The lowest BCUT2D eigenvalue weighted by Crippen LogP contribution is -2.30. The Morgan fingerprint density at radius 2 is 0.490 bits per heavy atom. The maximum absolute atomic E-state index is 13.1. The average molecular weight is 1520 g/mol. The van der Waals surface area contributed by atoms with Gasteiger partial charge in [0, 0.05) is 25.7 Å². The van der Waals surface area contributed by atoms with Crippen LogP contribution in [0.15, 0.2) is 0 Å². The Morgan fingerprint density at radius 3 is 0.731 bits per heavy atom. The molecule has 618 valence electrons. The van der Waals surface area contributed by atoms with Crippen molar-refractivity contribution in [1.29, 1.82) is 0 Å². The van der Waals surface area contributed by atoms with Crippen LogP contribution in [0.2, 0.25) is 0 Å². The lowest BCUT2D eigenvalue weighted by molar-refractivity contribution is -0.161. The molecule has 0 amide bonds. The van der Waals surface area contributed by atoms with Gasteiger partial charge in [0.2, 0.25) is 0 Å². The van der Waals surface area contributed by atoms with Crippen molar-refractivity contribution in [3.63, 3.8) is 0 Å². The summed E-state index contributed by atoms with van der Waals surface area (Å²) in [5.41, 5.74) is 0. The fourth-order valence-electron chi connectivity index (χ4n) is 13.2. The second-order valence-electron chi connectivity index (χ2n) is 31.3. The van der Waals surface area contributed by atoms with Gasteiger partial charge in [0.1, 0.15) is 19.3 Å². The quantitative estimate of drug-likeness (QED) is 0.0222. The highest BCUT2D eigenvalue weighted by Gasteiger charge is 2.30. The molecular weight excluding hydrogens is 1350 g/mol. The number of phosphoric ester groups is 2. The fourth-order valence-corrected chi connectivity index (χ4v) is 14.8. The Bertz CT molecular complexity index is 2000. The van der Waals surface area contributed by atoms with Gasteiger partial charge >= 0.3 is 39.5 Å². The SMILES string of the molecule is CCCCCCCCCCCCCCCCCCCCCC(=O)O[C@H](COC(=O)CCCCCCCCCCCCCCCCCC(C)C)COP(=O)(O)OC[C@@H](O)COP(=O)(O)OC[C@@H](COC(=O)CCCCCCCCCCCCCCC)OC(=O)CCCCCCCCCCCCC(C)CC. The molecule has 0 saturated heterocycles. The molecule has 0 rings (SSSR count). The van der Waals surface area contributed by atoms with Crippen molar-refractivity contribution in [3.05, 3.63) is 0 Å². The lowest BCUT2D eigenvalue weighted by Gasteiger charge is -2.21. The zero-order valence-electron chi connectivity index (χ0n) is 68.3. The van der Waals surface area contributed by atoms with Gasteiger partial charge in [-0.15, -0.1) is 0 Å². The largest absolute Gasteiger partial charge is 0.472 e. The van der Waals surface area contributed by atoms with E-state index in [0.717, 1.165) is 102 Å². The molecule has 0 saturated carbocycles. The summed E-state index contributed by atoms with van der Waals surface area (Å²) in [5.74, 6) is -0.492. The van der Waals surface area contributed by atoms with Gasteiger partial charge in [-0.2, -0.15) is 0 Å². The van der Waals surface area contributed by atoms with Crippen LogP contribution < -0.4 is 0 Å². The van der Waals surface area contributed by atoms with E-state index in [-0.39, 0.29) is 25.7 Å². The third-order valence-electron chi connectivity index (χ3n) is 20.3. The second kappa shape index (κ2) is 76.4. The van der Waals surface area contributed by atoms with Crippen LogP contribution in [0.4, 0.5) is 0 Å². The highest BCUT2D eigenvalue weighted by Crippen LogP contribution is 2.45. The summed E-state index contributed by atoms with van der Waals surface area (Å²) in [6.07, 6.45) is 67.8. The minimum Gasteiger partial charge on any atom is -0.462 e. The van der Waals surface area contributed by atoms with Gasteiger partial charge in [-0.25, -0.2) is 9.13 Å². The molecule has 0 bridgehead atoms. The van der Waals surface area contributed by atoms with Crippen molar-refractivity contribution in [3.8, 4) is 0 Å². The molecule has 0 aromatic rings. The molecule has 0 aliphatic carbocycles. The Balaban J connectivity index is 5.26. The predicted molar refractivity (Wildman–Crippen MR) is 428 cm³/mol. The monoisotopic (exact) mass is 1520 g/mol. The molecule has 0 aromatic carbocycles. The maximum atomic E-state index is 13.1. The van der Waals surface area contributed by atoms with Crippen molar-refractivity contribution in [2.45, 2.75) is 471 Å². The molecule has 17 nitrogen and oxygen atoms in total. The molecular formula is C85H166O17P2. The molecule has 3 unspecified atom stereocenters. The third-order valence-corrected chi connectivity index (χ3v) is 22.2. The number of aliphatic hydroxyl groups excluding tert-OH is 1. The molecule has 3 N–H and O–H groups in total. The minimum absolute atomic E-state index is 0.107. The summed E-state index contributed by atoms with van der Waals surface area (Å²) in [6, 6.07) is 0. The topological polar surface area (TPSA) is 237 Å².